The molecule has 0 bridgehead atoms. The highest BCUT2D eigenvalue weighted by atomic mass is 32.1. The lowest BCUT2D eigenvalue weighted by atomic mass is 9.79. The summed E-state index contributed by atoms with van der Waals surface area (Å²) >= 11 is 4.16. The summed E-state index contributed by atoms with van der Waals surface area (Å²) in [5.41, 5.74) is 0.215. The molecule has 0 aliphatic carbocycles. The number of aliphatic hydroxyl groups is 1. The van der Waals surface area contributed by atoms with Gasteiger partial charge in [-0.2, -0.15) is 0 Å². The second-order valence-corrected chi connectivity index (χ2v) is 10.3. The molecular weight excluding hydrogens is 424 g/mol. The van der Waals surface area contributed by atoms with Crippen LogP contribution in [0.1, 0.15) is 145 Å². The zero-order valence-corrected chi connectivity index (χ0v) is 25.5. The molecule has 0 radical (unpaired) electrons. The number of rotatable bonds is 7. The van der Waals surface area contributed by atoms with Crippen LogP contribution in [0.2, 0.25) is 0 Å². The maximum Gasteiger partial charge on any atom is 0.165 e. The molecule has 1 aromatic carbocycles. The van der Waals surface area contributed by atoms with Gasteiger partial charge in [0.05, 0.1) is 5.60 Å². The van der Waals surface area contributed by atoms with Gasteiger partial charge in [-0.25, -0.2) is 0 Å². The molecule has 0 saturated carbocycles. The Morgan fingerprint density at radius 2 is 1.15 bits per heavy atom. The molecule has 1 atom stereocenters. The number of Topliss-reactive ketones (excluding diaryl/α,β-unsaturated/α-hetero) is 1. The zero-order chi connectivity index (χ0) is 27.1. The summed E-state index contributed by atoms with van der Waals surface area (Å²) in [4.78, 5) is 12.6. The molecule has 0 aliphatic rings. The number of carbonyl (C=O) groups is 1. The van der Waals surface area contributed by atoms with Gasteiger partial charge in [0, 0.05) is 16.4 Å². The second kappa shape index (κ2) is 24.3. The standard InChI is InChI=1S/C11H14OS.C7H16O.C6H14.C4H10.C2H6/c1-3-8(2)11(12)9-4-6-10(13)7-5-9;1-6(2,3)7(4,5)8;1-3-5-6-4-2;1-3-4-2;1-2/h4-8,13H,3H2,1-2H3;8H,1-5H3;3-6H2,1-2H3;3-4H2,1-2H3;1-2H3. The predicted molar refractivity (Wildman–Crippen MR) is 155 cm³/mol. The Kier molecular flexibility index (Phi) is 29.1. The fourth-order valence-electron chi connectivity index (χ4n) is 1.60. The van der Waals surface area contributed by atoms with Gasteiger partial charge in [0.2, 0.25) is 0 Å². The van der Waals surface area contributed by atoms with Crippen LogP contribution in [-0.4, -0.2) is 16.5 Å². The highest BCUT2D eigenvalue weighted by molar-refractivity contribution is 7.80. The maximum absolute atomic E-state index is 11.7. The maximum atomic E-state index is 11.7. The molecule has 1 aromatic rings. The van der Waals surface area contributed by atoms with Crippen LogP contribution >= 0.6 is 12.6 Å². The molecule has 33 heavy (non-hydrogen) atoms. The van der Waals surface area contributed by atoms with E-state index in [1.165, 1.54) is 38.5 Å². The van der Waals surface area contributed by atoms with E-state index in [0.29, 0.717) is 0 Å². The van der Waals surface area contributed by atoms with Gasteiger partial charge in [-0.3, -0.25) is 4.79 Å². The molecule has 198 valence electrons. The summed E-state index contributed by atoms with van der Waals surface area (Å²) in [5.74, 6) is 0.335. The van der Waals surface area contributed by atoms with E-state index in [0.717, 1.165) is 16.9 Å². The van der Waals surface area contributed by atoms with E-state index in [4.69, 9.17) is 0 Å². The number of ketones is 1. The minimum absolute atomic E-state index is 0.00694. The average molecular weight is 485 g/mol. The molecule has 0 heterocycles. The first-order valence-electron chi connectivity index (χ1n) is 13.3. The van der Waals surface area contributed by atoms with Crippen molar-refractivity contribution in [2.75, 3.05) is 0 Å². The van der Waals surface area contributed by atoms with E-state index in [9.17, 15) is 9.90 Å². The predicted octanol–water partition coefficient (Wildman–Crippen LogP) is 10.4. The smallest absolute Gasteiger partial charge is 0.165 e. The molecule has 0 aromatic heterocycles. The summed E-state index contributed by atoms with van der Waals surface area (Å²) in [6, 6.07) is 7.35. The van der Waals surface area contributed by atoms with E-state index in [1.807, 2.05) is 86.6 Å². The molecule has 1 rings (SSSR count). The topological polar surface area (TPSA) is 37.3 Å². The van der Waals surface area contributed by atoms with Crippen molar-refractivity contribution in [3.8, 4) is 0 Å². The number of hydrogen-bond donors (Lipinski definition) is 2. The number of carbonyl (C=O) groups excluding carboxylic acids is 1. The third kappa shape index (κ3) is 25.7. The van der Waals surface area contributed by atoms with E-state index in [2.05, 4.69) is 40.3 Å². The molecule has 0 amide bonds. The minimum Gasteiger partial charge on any atom is -0.390 e. The number of unbranched alkanes of at least 4 members (excludes halogenated alkanes) is 4. The van der Waals surface area contributed by atoms with Gasteiger partial charge in [-0.05, 0) is 37.8 Å². The quantitative estimate of drug-likeness (QED) is 0.229. The van der Waals surface area contributed by atoms with Crippen LogP contribution in [0.5, 0.6) is 0 Å². The summed E-state index contributed by atoms with van der Waals surface area (Å²) < 4.78 is 0. The summed E-state index contributed by atoms with van der Waals surface area (Å²) in [5, 5.41) is 9.35. The van der Waals surface area contributed by atoms with Crippen molar-refractivity contribution in [3.05, 3.63) is 29.8 Å². The fourth-order valence-corrected chi connectivity index (χ4v) is 1.74. The average Bonchev–Trinajstić information content (AvgIpc) is 2.78. The molecule has 1 N–H and O–H groups in total. The molecule has 0 spiro atoms. The number of hydrogen-bond acceptors (Lipinski definition) is 3. The van der Waals surface area contributed by atoms with Crippen LogP contribution in [0, 0.1) is 11.3 Å². The van der Waals surface area contributed by atoms with Gasteiger partial charge in [-0.1, -0.05) is 127 Å². The van der Waals surface area contributed by atoms with Crippen LogP contribution in [0.3, 0.4) is 0 Å². The van der Waals surface area contributed by atoms with E-state index in [-0.39, 0.29) is 17.1 Å². The van der Waals surface area contributed by atoms with Crippen molar-refractivity contribution in [2.45, 2.75) is 145 Å². The molecule has 0 saturated heterocycles. The first-order chi connectivity index (χ1) is 15.2. The van der Waals surface area contributed by atoms with E-state index in [1.54, 1.807) is 0 Å². The first kappa shape index (κ1) is 39.4. The van der Waals surface area contributed by atoms with Crippen LogP contribution < -0.4 is 0 Å². The Bertz CT molecular complexity index is 504. The molecule has 2 nitrogen and oxygen atoms in total. The lowest BCUT2D eigenvalue weighted by molar-refractivity contribution is -0.0238. The number of thiol groups is 1. The van der Waals surface area contributed by atoms with Crippen molar-refractivity contribution in [3.63, 3.8) is 0 Å². The normalized spacial score (nSPS) is 11.1. The largest absolute Gasteiger partial charge is 0.390 e. The van der Waals surface area contributed by atoms with Crippen molar-refractivity contribution in [1.29, 1.82) is 0 Å². The van der Waals surface area contributed by atoms with Crippen LogP contribution in [-0.2, 0) is 0 Å². The molecular formula is C30H60O2S. The minimum atomic E-state index is -0.562. The second-order valence-electron chi connectivity index (χ2n) is 9.74. The lowest BCUT2D eigenvalue weighted by Crippen LogP contribution is -2.35. The molecule has 0 fully saturated rings. The van der Waals surface area contributed by atoms with Gasteiger partial charge in [-0.15, -0.1) is 12.6 Å². The van der Waals surface area contributed by atoms with Crippen LogP contribution in [0.4, 0.5) is 0 Å². The van der Waals surface area contributed by atoms with Gasteiger partial charge < -0.3 is 5.11 Å². The van der Waals surface area contributed by atoms with Crippen molar-refractivity contribution >= 4 is 18.4 Å². The van der Waals surface area contributed by atoms with E-state index >= 15 is 0 Å². The van der Waals surface area contributed by atoms with Gasteiger partial charge >= 0.3 is 0 Å². The van der Waals surface area contributed by atoms with Gasteiger partial charge in [0.15, 0.2) is 5.78 Å². The highest BCUT2D eigenvalue weighted by Gasteiger charge is 2.29. The van der Waals surface area contributed by atoms with Crippen molar-refractivity contribution < 1.29 is 9.90 Å². The highest BCUT2D eigenvalue weighted by Crippen LogP contribution is 2.28. The molecule has 3 heteroatoms. The summed E-state index contributed by atoms with van der Waals surface area (Å²) in [6.45, 7) is 26.5. The zero-order valence-electron chi connectivity index (χ0n) is 24.6. The van der Waals surface area contributed by atoms with Gasteiger partial charge in [0.1, 0.15) is 0 Å². The van der Waals surface area contributed by atoms with Crippen LogP contribution in [0.15, 0.2) is 29.2 Å². The Balaban J connectivity index is -0.000000181. The van der Waals surface area contributed by atoms with Crippen molar-refractivity contribution in [1.82, 2.24) is 0 Å². The summed E-state index contributed by atoms with van der Waals surface area (Å²) in [7, 11) is 0. The number of benzene rings is 1. The lowest BCUT2D eigenvalue weighted by Gasteiger charge is -2.33. The third-order valence-corrected chi connectivity index (χ3v) is 5.80. The monoisotopic (exact) mass is 484 g/mol. The Morgan fingerprint density at radius 3 is 1.36 bits per heavy atom. The molecule has 1 unspecified atom stereocenters. The first-order valence-corrected chi connectivity index (χ1v) is 13.7. The van der Waals surface area contributed by atoms with Crippen molar-refractivity contribution in [2.24, 2.45) is 11.3 Å². The Labute approximate surface area is 214 Å². The van der Waals surface area contributed by atoms with E-state index < -0.39 is 5.60 Å². The fraction of sp³-hybridized carbons (Fsp3) is 0.767. The van der Waals surface area contributed by atoms with Gasteiger partial charge in [0.25, 0.3) is 0 Å². The Morgan fingerprint density at radius 1 is 0.818 bits per heavy atom. The SMILES string of the molecule is CC.CC(C)(C)C(C)(C)O.CCC(C)C(=O)c1ccc(S)cc1.CCCC.CCCCCC. The van der Waals surface area contributed by atoms with Crippen LogP contribution in [0.25, 0.3) is 0 Å². The summed E-state index contributed by atoms with van der Waals surface area (Å²) in [6.07, 6.45) is 9.07. The third-order valence-electron chi connectivity index (χ3n) is 5.50. The Hall–Kier alpha value is -0.800. The molecule has 0 aliphatic heterocycles.